The summed E-state index contributed by atoms with van der Waals surface area (Å²) in [5.74, 6) is -4.52. The minimum Gasteiger partial charge on any atom is -0.314 e. The van der Waals surface area contributed by atoms with Crippen molar-refractivity contribution in [3.05, 3.63) is 78.6 Å². The van der Waals surface area contributed by atoms with Gasteiger partial charge in [-0.2, -0.15) is 18.4 Å². The zero-order valence-electron chi connectivity index (χ0n) is 17.0. The van der Waals surface area contributed by atoms with E-state index >= 15 is 0 Å². The number of hydrogen-bond donors (Lipinski definition) is 1. The summed E-state index contributed by atoms with van der Waals surface area (Å²) >= 11 is 0.851. The molecule has 35 heavy (non-hydrogen) atoms. The Hall–Kier alpha value is -4.71. The summed E-state index contributed by atoms with van der Waals surface area (Å²) in [5, 5.41) is 34.6. The predicted molar refractivity (Wildman–Crippen MR) is 114 cm³/mol. The van der Waals surface area contributed by atoms with Gasteiger partial charge in [0.25, 0.3) is 17.3 Å². The van der Waals surface area contributed by atoms with Crippen LogP contribution in [0.4, 0.5) is 30.2 Å². The summed E-state index contributed by atoms with van der Waals surface area (Å²) in [6.07, 6.45) is -4.87. The number of amides is 1. The number of nitrogens with zero attached hydrogens (tertiary/aromatic N) is 4. The van der Waals surface area contributed by atoms with Gasteiger partial charge in [0.1, 0.15) is 10.7 Å². The Morgan fingerprint density at radius 2 is 1.74 bits per heavy atom. The highest BCUT2D eigenvalue weighted by molar-refractivity contribution is 7.10. The van der Waals surface area contributed by atoms with Crippen LogP contribution in [0.5, 0.6) is 0 Å². The number of nitrogens with one attached hydrogen (secondary N) is 1. The number of nitriles is 1. The molecule has 0 bridgehead atoms. The summed E-state index contributed by atoms with van der Waals surface area (Å²) in [7, 11) is 0. The van der Waals surface area contributed by atoms with Crippen molar-refractivity contribution in [2.24, 2.45) is 0 Å². The molecule has 1 atom stereocenters. The first-order chi connectivity index (χ1) is 16.4. The van der Waals surface area contributed by atoms with Gasteiger partial charge in [-0.3, -0.25) is 29.8 Å². The maximum absolute atomic E-state index is 12.8. The van der Waals surface area contributed by atoms with Crippen LogP contribution in [0.1, 0.15) is 16.5 Å². The molecule has 0 saturated heterocycles. The number of ketones is 1. The van der Waals surface area contributed by atoms with Gasteiger partial charge < -0.3 is 5.32 Å². The lowest BCUT2D eigenvalue weighted by atomic mass is 10.1. The molecule has 0 aliphatic heterocycles. The third-order valence-electron chi connectivity index (χ3n) is 4.53. The largest absolute Gasteiger partial charge is 0.416 e. The quantitative estimate of drug-likeness (QED) is 0.279. The number of rotatable bonds is 7. The van der Waals surface area contributed by atoms with Crippen LogP contribution in [0.25, 0.3) is 11.3 Å². The second kappa shape index (κ2) is 9.65. The number of carbonyl (C=O) groups excluding carboxylic acids is 2. The van der Waals surface area contributed by atoms with Gasteiger partial charge in [-0.05, 0) is 24.3 Å². The predicted octanol–water partition coefficient (Wildman–Crippen LogP) is 4.46. The fourth-order valence-corrected chi connectivity index (χ4v) is 3.68. The zero-order valence-corrected chi connectivity index (χ0v) is 17.8. The van der Waals surface area contributed by atoms with Gasteiger partial charge in [0.15, 0.2) is 5.92 Å². The van der Waals surface area contributed by atoms with Gasteiger partial charge in [-0.25, -0.2) is 4.98 Å². The van der Waals surface area contributed by atoms with Gasteiger partial charge in [-0.1, -0.05) is 0 Å². The Labute approximate surface area is 196 Å². The fourth-order valence-electron chi connectivity index (χ4n) is 2.81. The molecule has 0 saturated carbocycles. The normalized spacial score (nSPS) is 11.8. The Kier molecular flexibility index (Phi) is 6.87. The lowest BCUT2D eigenvalue weighted by Gasteiger charge is -2.10. The molecule has 1 N–H and O–H groups in total. The van der Waals surface area contributed by atoms with Crippen molar-refractivity contribution in [3.63, 3.8) is 0 Å². The van der Waals surface area contributed by atoms with Crippen molar-refractivity contribution in [1.82, 2.24) is 4.98 Å². The molecule has 3 rings (SSSR count). The molecule has 0 fully saturated rings. The molecule has 178 valence electrons. The zero-order chi connectivity index (χ0) is 25.9. The van der Waals surface area contributed by atoms with Crippen molar-refractivity contribution in [3.8, 4) is 17.3 Å². The Bertz CT molecular complexity index is 1380. The molecule has 0 aliphatic rings. The van der Waals surface area contributed by atoms with Gasteiger partial charge >= 0.3 is 6.18 Å². The number of alkyl halides is 3. The van der Waals surface area contributed by atoms with E-state index < -0.39 is 50.6 Å². The third-order valence-corrected chi connectivity index (χ3v) is 5.44. The number of non-ortho nitro benzene ring substituents is 1. The maximum atomic E-state index is 12.8. The third kappa shape index (κ3) is 5.45. The summed E-state index contributed by atoms with van der Waals surface area (Å²) in [5.41, 5.74) is -2.54. The highest BCUT2D eigenvalue weighted by Gasteiger charge is 2.35. The molecule has 1 aromatic heterocycles. The van der Waals surface area contributed by atoms with Gasteiger partial charge in [0.2, 0.25) is 5.78 Å². The monoisotopic (exact) mass is 505 g/mol. The van der Waals surface area contributed by atoms with Crippen LogP contribution in [0.15, 0.2) is 47.8 Å². The van der Waals surface area contributed by atoms with Crippen LogP contribution in [0, 0.1) is 31.6 Å². The smallest absolute Gasteiger partial charge is 0.314 e. The van der Waals surface area contributed by atoms with Gasteiger partial charge in [0.05, 0.1) is 27.2 Å². The van der Waals surface area contributed by atoms with E-state index in [1.54, 1.807) is 6.07 Å². The Balaban J connectivity index is 1.82. The molecule has 15 heteroatoms. The molecule has 0 aliphatic carbocycles. The van der Waals surface area contributed by atoms with Crippen LogP contribution in [0.3, 0.4) is 0 Å². The van der Waals surface area contributed by atoms with E-state index in [1.165, 1.54) is 29.6 Å². The minimum atomic E-state index is -4.87. The van der Waals surface area contributed by atoms with Crippen molar-refractivity contribution in [2.45, 2.75) is 12.1 Å². The van der Waals surface area contributed by atoms with E-state index in [0.29, 0.717) is 17.7 Å². The maximum Gasteiger partial charge on any atom is 0.416 e. The Morgan fingerprint density at radius 1 is 1.09 bits per heavy atom. The van der Waals surface area contributed by atoms with Crippen molar-refractivity contribution in [1.29, 1.82) is 5.26 Å². The number of nitro benzene ring substituents is 2. The van der Waals surface area contributed by atoms with Crippen LogP contribution in [0.2, 0.25) is 0 Å². The SMILES string of the molecule is N#C[C@@H](C(=O)C(=O)Nc1ccc(C(F)(F)F)cc1[N+](=O)[O-])c1nc(-c2ccc([N+](=O)[O-])cc2)cs1. The second-order valence-corrected chi connectivity index (χ2v) is 7.63. The van der Waals surface area contributed by atoms with Crippen molar-refractivity contribution >= 4 is 40.1 Å². The summed E-state index contributed by atoms with van der Waals surface area (Å²) < 4.78 is 38.5. The van der Waals surface area contributed by atoms with E-state index in [2.05, 4.69) is 4.98 Å². The average molecular weight is 505 g/mol. The number of carbonyl (C=O) groups is 2. The number of anilines is 1. The van der Waals surface area contributed by atoms with Crippen LogP contribution in [-0.2, 0) is 15.8 Å². The van der Waals surface area contributed by atoms with E-state index in [1.807, 2.05) is 5.32 Å². The molecule has 1 amide bonds. The summed E-state index contributed by atoms with van der Waals surface area (Å²) in [6.45, 7) is 0. The summed E-state index contributed by atoms with van der Waals surface area (Å²) in [4.78, 5) is 49.2. The fraction of sp³-hybridized carbons (Fsp3) is 0.100. The van der Waals surface area contributed by atoms with Crippen molar-refractivity contribution < 1.29 is 32.6 Å². The lowest BCUT2D eigenvalue weighted by molar-refractivity contribution is -0.384. The number of nitro groups is 2. The average Bonchev–Trinajstić information content (AvgIpc) is 3.28. The summed E-state index contributed by atoms with van der Waals surface area (Å²) in [6, 6.07) is 8.19. The Morgan fingerprint density at radius 3 is 2.29 bits per heavy atom. The molecule has 0 radical (unpaired) electrons. The lowest BCUT2D eigenvalue weighted by Crippen LogP contribution is -2.28. The number of Topliss-reactive ketones (excluding diaryl/α,β-unsaturated/α-hetero) is 1. The molecule has 0 spiro atoms. The van der Waals surface area contributed by atoms with Gasteiger partial charge in [-0.15, -0.1) is 11.3 Å². The highest BCUT2D eigenvalue weighted by Crippen LogP contribution is 2.35. The highest BCUT2D eigenvalue weighted by atomic mass is 32.1. The second-order valence-electron chi connectivity index (χ2n) is 6.74. The molecule has 3 aromatic rings. The molecule has 11 nitrogen and oxygen atoms in total. The van der Waals surface area contributed by atoms with E-state index in [-0.39, 0.29) is 22.5 Å². The molecular formula is C20H10F3N5O6S. The first-order valence-corrected chi connectivity index (χ1v) is 10.1. The molecular weight excluding hydrogens is 495 g/mol. The minimum absolute atomic E-state index is 0.0945. The first-order valence-electron chi connectivity index (χ1n) is 9.23. The molecule has 0 unspecified atom stereocenters. The first kappa shape index (κ1) is 24.9. The van der Waals surface area contributed by atoms with Crippen molar-refractivity contribution in [2.75, 3.05) is 5.32 Å². The topological polar surface area (TPSA) is 169 Å². The van der Waals surface area contributed by atoms with Crippen LogP contribution >= 0.6 is 11.3 Å². The van der Waals surface area contributed by atoms with Crippen LogP contribution in [-0.4, -0.2) is 26.5 Å². The van der Waals surface area contributed by atoms with Gasteiger partial charge in [0, 0.05) is 29.1 Å². The van der Waals surface area contributed by atoms with Crippen LogP contribution < -0.4 is 5.32 Å². The molecule has 2 aromatic carbocycles. The van der Waals surface area contributed by atoms with E-state index in [4.69, 9.17) is 0 Å². The standard InChI is InChI=1S/C20H10F3N5O6S/c21-20(22,23)11-3-6-14(16(7-11)28(33)34)25-18(30)17(29)13(8-24)19-26-15(9-35-19)10-1-4-12(5-2-10)27(31)32/h1-7,9,13H,(H,25,30)/t13-/m0/s1. The van der Waals surface area contributed by atoms with E-state index in [9.17, 15) is 48.3 Å². The number of thiazole rings is 1. The number of halogens is 3. The number of hydrogen-bond acceptors (Lipinski definition) is 9. The number of benzene rings is 2. The molecule has 1 heterocycles. The van der Waals surface area contributed by atoms with E-state index in [0.717, 1.165) is 11.3 Å². The number of aromatic nitrogens is 1.